The van der Waals surface area contributed by atoms with Crippen LogP contribution in [0.4, 0.5) is 4.79 Å². The molecule has 9 aliphatic rings. The molecule has 48 heavy (non-hydrogen) atoms. The van der Waals surface area contributed by atoms with Gasteiger partial charge in [-0.3, -0.25) is 4.79 Å². The number of amides is 1. The van der Waals surface area contributed by atoms with Crippen molar-refractivity contribution in [1.29, 1.82) is 0 Å². The summed E-state index contributed by atoms with van der Waals surface area (Å²) in [7, 11) is 1.00. The molecule has 3 N–H and O–H groups in total. The molecule has 2 bridgehead atoms. The molecule has 274 valence electrons. The number of hydrogen-bond donors (Lipinski definition) is 3. The minimum absolute atomic E-state index is 0. The zero-order valence-electron chi connectivity index (χ0n) is 30.8. The lowest BCUT2D eigenvalue weighted by atomic mass is 9.46. The molecule has 9 nitrogen and oxygen atoms in total. The molecule has 9 rings (SSSR count). The number of ether oxygens (including phenoxy) is 3. The molecule has 4 heterocycles. The van der Waals surface area contributed by atoms with E-state index in [4.69, 9.17) is 19.3 Å². The Morgan fingerprint density at radius 1 is 0.938 bits per heavy atom. The minimum atomic E-state index is -1.15. The van der Waals surface area contributed by atoms with E-state index in [1.54, 1.807) is 13.8 Å². The van der Waals surface area contributed by atoms with Gasteiger partial charge in [0.25, 0.3) is 0 Å². The number of carbonyl (C=O) groups excluding carboxylic acids is 2. The number of esters is 1. The topological polar surface area (TPSA) is 118 Å². The summed E-state index contributed by atoms with van der Waals surface area (Å²) in [6.07, 6.45) is 13.1. The fourth-order valence-electron chi connectivity index (χ4n) is 14.0. The number of nitrogens with one attached hydrogen (secondary N) is 1. The monoisotopic (exact) mass is 674 g/mol. The molecule has 0 aromatic rings. The van der Waals surface area contributed by atoms with Crippen molar-refractivity contribution in [3.8, 4) is 0 Å². The van der Waals surface area contributed by atoms with Gasteiger partial charge in [0.1, 0.15) is 6.10 Å². The van der Waals surface area contributed by atoms with Crippen LogP contribution in [-0.2, 0) is 19.0 Å². The van der Waals surface area contributed by atoms with Gasteiger partial charge in [0.2, 0.25) is 0 Å². The molecule has 0 aromatic carbocycles. The number of aliphatic hydroxyl groups is 2. The smallest absolute Gasteiger partial charge is 0.407 e. The second kappa shape index (κ2) is 12.1. The van der Waals surface area contributed by atoms with E-state index in [2.05, 4.69) is 31.0 Å². The van der Waals surface area contributed by atoms with Crippen molar-refractivity contribution in [2.24, 2.45) is 51.2 Å². The van der Waals surface area contributed by atoms with Crippen molar-refractivity contribution >= 4 is 12.1 Å². The Bertz CT molecular complexity index is 1250. The van der Waals surface area contributed by atoms with Crippen LogP contribution in [0.2, 0.25) is 0 Å². The maximum absolute atomic E-state index is 13.3. The molecule has 0 radical (unpaired) electrons. The van der Waals surface area contributed by atoms with Gasteiger partial charge in [0.05, 0.1) is 17.8 Å². The summed E-state index contributed by atoms with van der Waals surface area (Å²) < 4.78 is 18.9. The van der Waals surface area contributed by atoms with Crippen LogP contribution >= 0.6 is 0 Å². The van der Waals surface area contributed by atoms with Crippen molar-refractivity contribution < 1.29 is 35.4 Å². The SMILES string of the molecule is CC(=O)O[C@@H](C1CCC2C(CC3C4CCC5C(C)(C)[C@@H](OC(=O)NC6CN7CCC6CC7)CCC56C[C@@]46CCC23C)O1)C(C)(C)O.CO.[HH]. The van der Waals surface area contributed by atoms with E-state index in [1.807, 2.05) is 0 Å². The van der Waals surface area contributed by atoms with E-state index in [9.17, 15) is 14.7 Å². The molecule has 0 aromatic heterocycles. The number of rotatable bonds is 5. The fourth-order valence-corrected chi connectivity index (χ4v) is 14.0. The predicted octanol–water partition coefficient (Wildman–Crippen LogP) is 5.94. The van der Waals surface area contributed by atoms with Crippen molar-refractivity contribution in [2.75, 3.05) is 26.7 Å². The number of alkyl carbamates (subject to hydrolysis) is 1. The van der Waals surface area contributed by atoms with Crippen LogP contribution in [0, 0.1) is 51.2 Å². The lowest BCUT2D eigenvalue weighted by molar-refractivity contribution is -0.200. The molecular formula is C39H66N2O7. The Balaban J connectivity index is 0.00000136. The largest absolute Gasteiger partial charge is 0.457 e. The molecule has 1 amide bonds. The normalized spacial score (nSPS) is 48.5. The number of piperidine rings is 3. The highest BCUT2D eigenvalue weighted by Crippen LogP contribution is 2.87. The molecule has 9 heteroatoms. The standard InChI is InChI=1S/C38H60N2O6.CH4O.H2/c1-22(41)44-32(35(4,5)43)28-9-7-25-29(45-28)19-26-24-8-10-30-34(2,3)31(11-14-38(30)21-37(24,38)16-15-36(25,26)6)46-33(42)39-27-20-40-17-12-23(27)13-18-40;1-2;/h23-32,43H,7-21H2,1-6H3,(H,39,42);2H,1H3;1H/t24?,25?,26?,27?,28?,29?,30?,31-,32-,36?,37-,38?;;/m0../s1. The summed E-state index contributed by atoms with van der Waals surface area (Å²) in [4.78, 5) is 27.7. The Labute approximate surface area is 290 Å². The van der Waals surface area contributed by atoms with Crippen molar-refractivity contribution in [2.45, 2.75) is 155 Å². The van der Waals surface area contributed by atoms with Gasteiger partial charge in [-0.2, -0.15) is 0 Å². The average Bonchev–Trinajstić information content (AvgIpc) is 3.62. The van der Waals surface area contributed by atoms with E-state index >= 15 is 0 Å². The van der Waals surface area contributed by atoms with Crippen LogP contribution in [0.3, 0.4) is 0 Å². The second-order valence-corrected chi connectivity index (χ2v) is 18.8. The highest BCUT2D eigenvalue weighted by Gasteiger charge is 2.81. The van der Waals surface area contributed by atoms with E-state index in [0.717, 1.165) is 45.3 Å². The van der Waals surface area contributed by atoms with Crippen LogP contribution < -0.4 is 5.32 Å². The van der Waals surface area contributed by atoms with Crippen LogP contribution in [0.5, 0.6) is 0 Å². The van der Waals surface area contributed by atoms with E-state index < -0.39 is 11.7 Å². The van der Waals surface area contributed by atoms with E-state index in [1.165, 1.54) is 71.4 Å². The molecule has 9 unspecified atom stereocenters. The summed E-state index contributed by atoms with van der Waals surface area (Å²) in [5, 5.41) is 21.2. The van der Waals surface area contributed by atoms with E-state index in [-0.39, 0.29) is 48.7 Å². The number of nitrogens with zero attached hydrogens (tertiary/aromatic N) is 1. The molecule has 5 saturated carbocycles. The molecule has 2 spiro atoms. The molecule has 4 saturated heterocycles. The first kappa shape index (κ1) is 35.0. The highest BCUT2D eigenvalue weighted by atomic mass is 16.6. The molecule has 12 atom stereocenters. The zero-order chi connectivity index (χ0) is 34.4. The Morgan fingerprint density at radius 2 is 1.65 bits per heavy atom. The molecule has 9 fully saturated rings. The van der Waals surface area contributed by atoms with Crippen molar-refractivity contribution in [3.05, 3.63) is 0 Å². The van der Waals surface area contributed by atoms with Gasteiger partial charge < -0.3 is 34.6 Å². The maximum Gasteiger partial charge on any atom is 0.407 e. The summed E-state index contributed by atoms with van der Waals surface area (Å²) in [6, 6.07) is 0.240. The third kappa shape index (κ3) is 5.28. The highest BCUT2D eigenvalue weighted by molar-refractivity contribution is 5.68. The van der Waals surface area contributed by atoms with E-state index in [0.29, 0.717) is 34.5 Å². The molecule has 5 aliphatic carbocycles. The van der Waals surface area contributed by atoms with Gasteiger partial charge in [-0.25, -0.2) is 4.79 Å². The molecule has 4 aliphatic heterocycles. The second-order valence-electron chi connectivity index (χ2n) is 18.8. The predicted molar refractivity (Wildman–Crippen MR) is 184 cm³/mol. The first-order valence-corrected chi connectivity index (χ1v) is 19.4. The Morgan fingerprint density at radius 3 is 2.29 bits per heavy atom. The Hall–Kier alpha value is -1.42. The summed E-state index contributed by atoms with van der Waals surface area (Å²) in [5.74, 6) is 2.78. The van der Waals surface area contributed by atoms with Gasteiger partial charge in [-0.15, -0.1) is 0 Å². The zero-order valence-corrected chi connectivity index (χ0v) is 30.8. The average molecular weight is 675 g/mol. The van der Waals surface area contributed by atoms with Crippen molar-refractivity contribution in [1.82, 2.24) is 10.2 Å². The minimum Gasteiger partial charge on any atom is -0.457 e. The third-order valence-electron chi connectivity index (χ3n) is 16.1. The maximum atomic E-state index is 13.3. The third-order valence-corrected chi connectivity index (χ3v) is 16.1. The van der Waals surface area contributed by atoms with Gasteiger partial charge in [-0.1, -0.05) is 20.8 Å². The van der Waals surface area contributed by atoms with Crippen molar-refractivity contribution in [3.63, 3.8) is 0 Å². The van der Waals surface area contributed by atoms with Crippen LogP contribution in [0.1, 0.15) is 120 Å². The number of aliphatic hydroxyl groups excluding tert-OH is 1. The molecular weight excluding hydrogens is 608 g/mol. The van der Waals surface area contributed by atoms with Gasteiger partial charge >= 0.3 is 12.1 Å². The summed E-state index contributed by atoms with van der Waals surface area (Å²) in [5.41, 5.74) is -0.0590. The quantitative estimate of drug-likeness (QED) is 0.307. The lowest BCUT2D eigenvalue weighted by Crippen LogP contribution is -2.58. The van der Waals surface area contributed by atoms with Crippen LogP contribution in [-0.4, -0.2) is 90.0 Å². The van der Waals surface area contributed by atoms with Crippen LogP contribution in [0.25, 0.3) is 0 Å². The van der Waals surface area contributed by atoms with Gasteiger partial charge in [0.15, 0.2) is 6.10 Å². The Kier molecular flexibility index (Phi) is 8.81. The lowest BCUT2D eigenvalue weighted by Gasteiger charge is -2.59. The van der Waals surface area contributed by atoms with Crippen LogP contribution in [0.15, 0.2) is 0 Å². The number of hydrogen-bond acceptors (Lipinski definition) is 8. The first-order valence-electron chi connectivity index (χ1n) is 19.4. The number of fused-ring (bicyclic) bond motifs is 7. The van der Waals surface area contributed by atoms with Gasteiger partial charge in [0, 0.05) is 33.5 Å². The number of carbonyl (C=O) groups is 2. The van der Waals surface area contributed by atoms with Gasteiger partial charge in [-0.05, 0) is 150 Å². The fraction of sp³-hybridized carbons (Fsp3) is 0.949. The first-order chi connectivity index (χ1) is 22.7. The summed E-state index contributed by atoms with van der Waals surface area (Å²) >= 11 is 0. The summed E-state index contributed by atoms with van der Waals surface area (Å²) in [6.45, 7) is 15.6.